The number of amides is 3. The second-order valence-corrected chi connectivity index (χ2v) is 11.1. The summed E-state index contributed by atoms with van der Waals surface area (Å²) in [6.45, 7) is 3.56. The minimum Gasteiger partial charge on any atom is -0.375 e. The van der Waals surface area contributed by atoms with E-state index in [1.807, 2.05) is 6.07 Å². The molecule has 0 radical (unpaired) electrons. The van der Waals surface area contributed by atoms with Crippen LogP contribution in [0.15, 0.2) is 18.2 Å². The second-order valence-electron chi connectivity index (χ2n) is 11.1. The van der Waals surface area contributed by atoms with Crippen LogP contribution in [0.25, 0.3) is 0 Å². The van der Waals surface area contributed by atoms with Gasteiger partial charge < -0.3 is 9.64 Å². The molecule has 1 aromatic carbocycles. The Morgan fingerprint density at radius 3 is 2.62 bits per heavy atom. The number of piperidine rings is 1. The van der Waals surface area contributed by atoms with Crippen molar-refractivity contribution >= 4 is 17.7 Å². The van der Waals surface area contributed by atoms with Crippen LogP contribution in [0.4, 0.5) is 0 Å². The molecule has 7 nitrogen and oxygen atoms in total. The molecule has 4 fully saturated rings. The maximum atomic E-state index is 13.0. The highest BCUT2D eigenvalue weighted by molar-refractivity contribution is 6.05. The molecule has 5 aliphatic rings. The van der Waals surface area contributed by atoms with E-state index in [-0.39, 0.29) is 24.1 Å². The molecule has 0 spiro atoms. The maximum Gasteiger partial charge on any atom is 0.255 e. The van der Waals surface area contributed by atoms with Gasteiger partial charge in [0.2, 0.25) is 11.8 Å². The fourth-order valence-electron chi connectivity index (χ4n) is 6.37. The predicted octanol–water partition coefficient (Wildman–Crippen LogP) is 2.66. The second kappa shape index (κ2) is 9.08. The van der Waals surface area contributed by atoms with E-state index in [9.17, 15) is 14.4 Å². The Hall–Kier alpha value is -2.25. The first-order valence-electron chi connectivity index (χ1n) is 13.2. The Kier molecular flexibility index (Phi) is 5.94. The van der Waals surface area contributed by atoms with Crippen LogP contribution in [0.1, 0.15) is 72.9 Å². The van der Waals surface area contributed by atoms with Crippen molar-refractivity contribution in [2.45, 2.75) is 82.5 Å². The fourth-order valence-corrected chi connectivity index (χ4v) is 6.37. The number of nitrogens with zero attached hydrogens (tertiary/aromatic N) is 2. The van der Waals surface area contributed by atoms with Crippen molar-refractivity contribution in [2.24, 2.45) is 11.8 Å². The highest BCUT2D eigenvalue weighted by atomic mass is 16.5. The van der Waals surface area contributed by atoms with Gasteiger partial charge in [-0.3, -0.25) is 24.6 Å². The molecule has 2 aliphatic carbocycles. The molecule has 7 heteroatoms. The van der Waals surface area contributed by atoms with Gasteiger partial charge in [0.25, 0.3) is 5.91 Å². The third kappa shape index (κ3) is 4.40. The maximum absolute atomic E-state index is 13.0. The zero-order valence-corrected chi connectivity index (χ0v) is 19.8. The monoisotopic (exact) mass is 465 g/mol. The molecule has 0 bridgehead atoms. The number of hydrogen-bond acceptors (Lipinski definition) is 5. The van der Waals surface area contributed by atoms with Crippen LogP contribution < -0.4 is 5.32 Å². The lowest BCUT2D eigenvalue weighted by Gasteiger charge is -2.48. The Bertz CT molecular complexity index is 984. The van der Waals surface area contributed by atoms with E-state index in [4.69, 9.17) is 4.74 Å². The van der Waals surface area contributed by atoms with E-state index in [0.717, 1.165) is 37.6 Å². The Morgan fingerprint density at radius 1 is 1.00 bits per heavy atom. The van der Waals surface area contributed by atoms with Crippen LogP contribution in [-0.2, 0) is 27.3 Å². The predicted molar refractivity (Wildman–Crippen MR) is 126 cm³/mol. The zero-order valence-electron chi connectivity index (χ0n) is 19.8. The first kappa shape index (κ1) is 22.2. The minimum absolute atomic E-state index is 0.0931. The average Bonchev–Trinajstić information content (AvgIpc) is 3.57. The van der Waals surface area contributed by atoms with Crippen LogP contribution in [0.5, 0.6) is 0 Å². The summed E-state index contributed by atoms with van der Waals surface area (Å²) in [7, 11) is 0. The standard InChI is InChI=1S/C27H35N3O4/c31-25-10-9-24(26(32)28-25)30-13-20-12-18(7-8-22(20)27(30)33)11-19-3-1-2-4-23(19)29-14-21(15-29)34-16-17-5-6-17/h7-8,12,17,19,21,23-24H,1-6,9-11,13-16H2,(H,28,31,32)/t19-,23+,24?/m1/s1. The van der Waals surface area contributed by atoms with Crippen molar-refractivity contribution in [3.8, 4) is 0 Å². The van der Waals surface area contributed by atoms with Gasteiger partial charge in [-0.2, -0.15) is 0 Å². The van der Waals surface area contributed by atoms with E-state index < -0.39 is 6.04 Å². The molecule has 6 rings (SSSR count). The van der Waals surface area contributed by atoms with E-state index >= 15 is 0 Å². The van der Waals surface area contributed by atoms with Crippen LogP contribution in [-0.4, -0.2) is 65.4 Å². The smallest absolute Gasteiger partial charge is 0.255 e. The molecular weight excluding hydrogens is 430 g/mol. The summed E-state index contributed by atoms with van der Waals surface area (Å²) in [6.07, 6.45) is 9.98. The van der Waals surface area contributed by atoms with E-state index in [2.05, 4.69) is 22.3 Å². The van der Waals surface area contributed by atoms with Crippen molar-refractivity contribution in [1.82, 2.24) is 15.1 Å². The Balaban J connectivity index is 1.09. The Labute approximate surface area is 201 Å². The lowest BCUT2D eigenvalue weighted by molar-refractivity contribution is -0.136. The summed E-state index contributed by atoms with van der Waals surface area (Å²) >= 11 is 0. The molecular formula is C27H35N3O4. The van der Waals surface area contributed by atoms with Crippen molar-refractivity contribution in [2.75, 3.05) is 19.7 Å². The first-order valence-corrected chi connectivity index (χ1v) is 13.2. The Morgan fingerprint density at radius 2 is 1.82 bits per heavy atom. The van der Waals surface area contributed by atoms with Crippen molar-refractivity contribution < 1.29 is 19.1 Å². The summed E-state index contributed by atoms with van der Waals surface area (Å²) in [5.74, 6) is 0.771. The summed E-state index contributed by atoms with van der Waals surface area (Å²) in [5, 5.41) is 2.38. The number of benzene rings is 1. The number of ether oxygens (including phenoxy) is 1. The van der Waals surface area contributed by atoms with Crippen LogP contribution >= 0.6 is 0 Å². The molecule has 3 atom stereocenters. The van der Waals surface area contributed by atoms with Crippen LogP contribution in [0.2, 0.25) is 0 Å². The molecule has 3 aliphatic heterocycles. The lowest BCUT2D eigenvalue weighted by atomic mass is 9.78. The van der Waals surface area contributed by atoms with Gasteiger partial charge in [0.1, 0.15) is 6.04 Å². The normalized spacial score (nSPS) is 30.3. The number of carbonyl (C=O) groups is 3. The van der Waals surface area contributed by atoms with Gasteiger partial charge in [-0.05, 0) is 67.6 Å². The van der Waals surface area contributed by atoms with Crippen molar-refractivity contribution in [3.05, 3.63) is 34.9 Å². The number of likely N-dealkylation sites (tertiary alicyclic amines) is 1. The largest absolute Gasteiger partial charge is 0.375 e. The highest BCUT2D eigenvalue weighted by Crippen LogP contribution is 2.36. The summed E-state index contributed by atoms with van der Waals surface area (Å²) in [4.78, 5) is 41.1. The molecule has 3 amide bonds. The number of imide groups is 1. The fraction of sp³-hybridized carbons (Fsp3) is 0.667. The number of nitrogens with one attached hydrogen (secondary N) is 1. The van der Waals surface area contributed by atoms with E-state index in [1.165, 1.54) is 44.1 Å². The molecule has 0 aromatic heterocycles. The molecule has 2 saturated carbocycles. The number of hydrogen-bond donors (Lipinski definition) is 1. The molecule has 3 heterocycles. The molecule has 34 heavy (non-hydrogen) atoms. The van der Waals surface area contributed by atoms with Gasteiger partial charge in [0.05, 0.1) is 6.10 Å². The molecule has 182 valence electrons. The number of fused-ring (bicyclic) bond motifs is 1. The van der Waals surface area contributed by atoms with Crippen molar-refractivity contribution in [3.63, 3.8) is 0 Å². The summed E-state index contributed by atoms with van der Waals surface area (Å²) < 4.78 is 6.09. The van der Waals surface area contributed by atoms with Gasteiger partial charge in [-0.15, -0.1) is 0 Å². The number of carbonyl (C=O) groups excluding carboxylic acids is 3. The third-order valence-corrected chi connectivity index (χ3v) is 8.56. The third-order valence-electron chi connectivity index (χ3n) is 8.56. The minimum atomic E-state index is -0.551. The van der Waals surface area contributed by atoms with Crippen LogP contribution in [0.3, 0.4) is 0 Å². The first-order chi connectivity index (χ1) is 16.5. The SMILES string of the molecule is O=C1CCC(N2Cc3cc(C[C@H]4CCCC[C@@H]4N4CC(OCC5CC5)C4)ccc3C2=O)C(=O)N1. The zero-order chi connectivity index (χ0) is 23.2. The van der Waals surface area contributed by atoms with Gasteiger partial charge in [0, 0.05) is 44.3 Å². The summed E-state index contributed by atoms with van der Waals surface area (Å²) in [5.41, 5.74) is 3.00. The molecule has 1 N–H and O–H groups in total. The van der Waals surface area contributed by atoms with Crippen molar-refractivity contribution in [1.29, 1.82) is 0 Å². The summed E-state index contributed by atoms with van der Waals surface area (Å²) in [6, 6.07) is 6.31. The van der Waals surface area contributed by atoms with Gasteiger partial charge in [0.15, 0.2) is 0 Å². The van der Waals surface area contributed by atoms with Gasteiger partial charge in [-0.1, -0.05) is 25.0 Å². The highest BCUT2D eigenvalue weighted by Gasteiger charge is 2.40. The van der Waals surface area contributed by atoms with Crippen LogP contribution in [0, 0.1) is 11.8 Å². The van der Waals surface area contributed by atoms with Gasteiger partial charge >= 0.3 is 0 Å². The quantitative estimate of drug-likeness (QED) is 0.627. The van der Waals surface area contributed by atoms with E-state index in [1.54, 1.807) is 4.90 Å². The lowest BCUT2D eigenvalue weighted by Crippen LogP contribution is -2.59. The average molecular weight is 466 g/mol. The molecule has 1 unspecified atom stereocenters. The topological polar surface area (TPSA) is 79.0 Å². The van der Waals surface area contributed by atoms with Gasteiger partial charge in [-0.25, -0.2) is 0 Å². The molecule has 2 saturated heterocycles. The molecule has 1 aromatic rings. The number of rotatable bonds is 7. The van der Waals surface area contributed by atoms with E-state index in [0.29, 0.717) is 36.6 Å².